The standard InChI is InChI=1S/C22H21NO4/c1-26-18-11-9-16(10-12-18)13-14-23-21(24)15-27-22(25)20-8-4-6-17-5-2-3-7-19(17)20/h2-12H,13-15H2,1H3,(H,23,24). The number of hydrogen-bond acceptors (Lipinski definition) is 4. The molecule has 3 aromatic rings. The zero-order valence-corrected chi connectivity index (χ0v) is 15.1. The van der Waals surface area contributed by atoms with Gasteiger partial charge in [0.2, 0.25) is 0 Å². The fraction of sp³-hybridized carbons (Fsp3) is 0.182. The number of benzene rings is 3. The zero-order valence-electron chi connectivity index (χ0n) is 15.1. The number of amides is 1. The largest absolute Gasteiger partial charge is 0.497 e. The maximum atomic E-state index is 12.3. The predicted octanol–water partition coefficient (Wildman–Crippen LogP) is 3.36. The molecule has 0 unspecified atom stereocenters. The van der Waals surface area contributed by atoms with Crippen molar-refractivity contribution in [1.82, 2.24) is 5.32 Å². The molecule has 0 aliphatic heterocycles. The highest BCUT2D eigenvalue weighted by atomic mass is 16.5. The Morgan fingerprint density at radius 1 is 0.926 bits per heavy atom. The average molecular weight is 363 g/mol. The fourth-order valence-electron chi connectivity index (χ4n) is 2.80. The highest BCUT2D eigenvalue weighted by Crippen LogP contribution is 2.19. The van der Waals surface area contributed by atoms with Crippen LogP contribution in [0.4, 0.5) is 0 Å². The van der Waals surface area contributed by atoms with Gasteiger partial charge in [0.25, 0.3) is 5.91 Å². The van der Waals surface area contributed by atoms with Gasteiger partial charge in [-0.1, -0.05) is 48.5 Å². The molecule has 0 aliphatic rings. The van der Waals surface area contributed by atoms with Crippen LogP contribution in [0.1, 0.15) is 15.9 Å². The van der Waals surface area contributed by atoms with Crippen molar-refractivity contribution in [2.24, 2.45) is 0 Å². The number of fused-ring (bicyclic) bond motifs is 1. The summed E-state index contributed by atoms with van der Waals surface area (Å²) < 4.78 is 10.3. The summed E-state index contributed by atoms with van der Waals surface area (Å²) in [6.07, 6.45) is 0.688. The number of hydrogen-bond donors (Lipinski definition) is 1. The van der Waals surface area contributed by atoms with E-state index in [0.29, 0.717) is 18.5 Å². The van der Waals surface area contributed by atoms with Crippen molar-refractivity contribution in [1.29, 1.82) is 0 Å². The van der Waals surface area contributed by atoms with Crippen LogP contribution in [0.25, 0.3) is 10.8 Å². The van der Waals surface area contributed by atoms with Crippen LogP contribution in [0.5, 0.6) is 5.75 Å². The molecule has 5 nitrogen and oxygen atoms in total. The Morgan fingerprint density at radius 3 is 2.44 bits per heavy atom. The quantitative estimate of drug-likeness (QED) is 0.654. The molecular formula is C22H21NO4. The fourth-order valence-corrected chi connectivity index (χ4v) is 2.80. The Labute approximate surface area is 157 Å². The first-order chi connectivity index (χ1) is 13.2. The molecule has 0 atom stereocenters. The lowest BCUT2D eigenvalue weighted by Gasteiger charge is -2.09. The molecule has 0 fully saturated rings. The van der Waals surface area contributed by atoms with Gasteiger partial charge < -0.3 is 14.8 Å². The van der Waals surface area contributed by atoms with Gasteiger partial charge in [-0.3, -0.25) is 4.79 Å². The van der Waals surface area contributed by atoms with Gasteiger partial charge >= 0.3 is 5.97 Å². The van der Waals surface area contributed by atoms with Crippen LogP contribution in [-0.2, 0) is 16.0 Å². The van der Waals surface area contributed by atoms with Crippen LogP contribution in [0.2, 0.25) is 0 Å². The molecule has 1 N–H and O–H groups in total. The molecule has 5 heteroatoms. The number of carbonyl (C=O) groups is 2. The van der Waals surface area contributed by atoms with E-state index >= 15 is 0 Å². The van der Waals surface area contributed by atoms with Gasteiger partial charge in [-0.25, -0.2) is 4.79 Å². The molecule has 1 amide bonds. The number of carbonyl (C=O) groups excluding carboxylic acids is 2. The van der Waals surface area contributed by atoms with Crippen molar-refractivity contribution in [3.8, 4) is 5.75 Å². The summed E-state index contributed by atoms with van der Waals surface area (Å²) in [7, 11) is 1.62. The number of esters is 1. The summed E-state index contributed by atoms with van der Waals surface area (Å²) in [6, 6.07) is 20.7. The van der Waals surface area contributed by atoms with E-state index < -0.39 is 5.97 Å². The zero-order chi connectivity index (χ0) is 19.1. The number of ether oxygens (including phenoxy) is 2. The van der Waals surface area contributed by atoms with E-state index in [9.17, 15) is 9.59 Å². The van der Waals surface area contributed by atoms with E-state index in [4.69, 9.17) is 9.47 Å². The maximum Gasteiger partial charge on any atom is 0.339 e. The van der Waals surface area contributed by atoms with E-state index in [2.05, 4.69) is 5.32 Å². The van der Waals surface area contributed by atoms with Crippen molar-refractivity contribution in [3.63, 3.8) is 0 Å². The van der Waals surface area contributed by atoms with Crippen molar-refractivity contribution < 1.29 is 19.1 Å². The normalized spacial score (nSPS) is 10.4. The highest BCUT2D eigenvalue weighted by Gasteiger charge is 2.13. The molecule has 0 radical (unpaired) electrons. The maximum absolute atomic E-state index is 12.3. The number of rotatable bonds is 7. The third-order valence-corrected chi connectivity index (χ3v) is 4.24. The minimum absolute atomic E-state index is 0.301. The summed E-state index contributed by atoms with van der Waals surface area (Å²) >= 11 is 0. The summed E-state index contributed by atoms with van der Waals surface area (Å²) in [5, 5.41) is 4.52. The summed E-state index contributed by atoms with van der Waals surface area (Å²) in [5.41, 5.74) is 1.54. The second-order valence-corrected chi connectivity index (χ2v) is 6.05. The number of nitrogens with one attached hydrogen (secondary N) is 1. The molecule has 138 valence electrons. The SMILES string of the molecule is COc1ccc(CCNC(=O)COC(=O)c2cccc3ccccc23)cc1. The van der Waals surface area contributed by atoms with Gasteiger partial charge in [0, 0.05) is 6.54 Å². The second kappa shape index (κ2) is 8.85. The first kappa shape index (κ1) is 18.5. The first-order valence-electron chi connectivity index (χ1n) is 8.72. The van der Waals surface area contributed by atoms with Crippen LogP contribution in [-0.4, -0.2) is 32.1 Å². The van der Waals surface area contributed by atoms with Crippen molar-refractivity contribution in [2.75, 3.05) is 20.3 Å². The third kappa shape index (κ3) is 4.85. The molecule has 0 aromatic heterocycles. The van der Waals surface area contributed by atoms with Gasteiger partial charge in [-0.05, 0) is 41.0 Å². The molecule has 0 saturated carbocycles. The third-order valence-electron chi connectivity index (χ3n) is 4.24. The Hall–Kier alpha value is -3.34. The molecule has 3 rings (SSSR count). The van der Waals surface area contributed by atoms with Gasteiger partial charge in [0.15, 0.2) is 6.61 Å². The summed E-state index contributed by atoms with van der Waals surface area (Å²) in [6.45, 7) is 0.168. The Bertz CT molecular complexity index is 929. The van der Waals surface area contributed by atoms with E-state index in [0.717, 1.165) is 22.1 Å². The van der Waals surface area contributed by atoms with Crippen LogP contribution in [0.15, 0.2) is 66.7 Å². The Kier molecular flexibility index (Phi) is 6.05. The second-order valence-electron chi connectivity index (χ2n) is 6.05. The smallest absolute Gasteiger partial charge is 0.339 e. The molecular weight excluding hydrogens is 342 g/mol. The van der Waals surface area contributed by atoms with Crippen LogP contribution in [0, 0.1) is 0 Å². The molecule has 0 spiro atoms. The predicted molar refractivity (Wildman–Crippen MR) is 104 cm³/mol. The minimum Gasteiger partial charge on any atom is -0.497 e. The van der Waals surface area contributed by atoms with Gasteiger partial charge in [0.05, 0.1) is 12.7 Å². The summed E-state index contributed by atoms with van der Waals surface area (Å²) in [5.74, 6) is -0.0302. The Morgan fingerprint density at radius 2 is 1.67 bits per heavy atom. The van der Waals surface area contributed by atoms with Crippen molar-refractivity contribution in [2.45, 2.75) is 6.42 Å². The van der Waals surface area contributed by atoms with Crippen LogP contribution < -0.4 is 10.1 Å². The van der Waals surface area contributed by atoms with Crippen LogP contribution in [0.3, 0.4) is 0 Å². The Balaban J connectivity index is 1.47. The van der Waals surface area contributed by atoms with Gasteiger partial charge in [0.1, 0.15) is 5.75 Å². The summed E-state index contributed by atoms with van der Waals surface area (Å²) in [4.78, 5) is 24.2. The van der Waals surface area contributed by atoms with E-state index in [-0.39, 0.29) is 12.5 Å². The van der Waals surface area contributed by atoms with Gasteiger partial charge in [-0.15, -0.1) is 0 Å². The molecule has 0 heterocycles. The van der Waals surface area contributed by atoms with Crippen LogP contribution >= 0.6 is 0 Å². The molecule has 27 heavy (non-hydrogen) atoms. The lowest BCUT2D eigenvalue weighted by atomic mass is 10.1. The lowest BCUT2D eigenvalue weighted by Crippen LogP contribution is -2.30. The highest BCUT2D eigenvalue weighted by molar-refractivity contribution is 6.04. The topological polar surface area (TPSA) is 64.6 Å². The number of methoxy groups -OCH3 is 1. The lowest BCUT2D eigenvalue weighted by molar-refractivity contribution is -0.124. The average Bonchev–Trinajstić information content (AvgIpc) is 2.72. The monoisotopic (exact) mass is 363 g/mol. The van der Waals surface area contributed by atoms with E-state index in [1.54, 1.807) is 19.2 Å². The first-order valence-corrected chi connectivity index (χ1v) is 8.72. The molecule has 0 bridgehead atoms. The van der Waals surface area contributed by atoms with Gasteiger partial charge in [-0.2, -0.15) is 0 Å². The van der Waals surface area contributed by atoms with E-state index in [1.165, 1.54) is 0 Å². The molecule has 0 aliphatic carbocycles. The van der Waals surface area contributed by atoms with Crippen molar-refractivity contribution >= 4 is 22.6 Å². The minimum atomic E-state index is -0.503. The molecule has 3 aromatic carbocycles. The van der Waals surface area contributed by atoms with Crippen molar-refractivity contribution in [3.05, 3.63) is 77.9 Å². The van der Waals surface area contributed by atoms with E-state index in [1.807, 2.05) is 54.6 Å². The molecule has 0 saturated heterocycles.